The van der Waals surface area contributed by atoms with Gasteiger partial charge in [-0.1, -0.05) is 41.9 Å². The van der Waals surface area contributed by atoms with Crippen LogP contribution >= 0.6 is 38.9 Å². The number of carbonyl (C=O) groups is 1. The van der Waals surface area contributed by atoms with Crippen molar-refractivity contribution in [1.29, 1.82) is 0 Å². The summed E-state index contributed by atoms with van der Waals surface area (Å²) in [6.45, 7) is 0.972. The van der Waals surface area contributed by atoms with E-state index in [9.17, 15) is 13.2 Å². The summed E-state index contributed by atoms with van der Waals surface area (Å²) in [6, 6.07) is 13.6. The minimum absolute atomic E-state index is 0.151. The fraction of sp³-hybridized carbons (Fsp3) is 0.273. The van der Waals surface area contributed by atoms with Crippen molar-refractivity contribution in [3.8, 4) is 0 Å². The van der Waals surface area contributed by atoms with Crippen LogP contribution in [0.3, 0.4) is 0 Å². The van der Waals surface area contributed by atoms with Crippen molar-refractivity contribution in [2.24, 2.45) is 0 Å². The number of benzene rings is 2. The highest BCUT2D eigenvalue weighted by molar-refractivity contribution is 9.10. The zero-order valence-corrected chi connectivity index (χ0v) is 20.9. The smallest absolute Gasteiger partial charge is 0.278 e. The zero-order valence-electron chi connectivity index (χ0n) is 17.0. The Morgan fingerprint density at radius 2 is 2.03 bits per heavy atom. The minimum atomic E-state index is -4.19. The summed E-state index contributed by atoms with van der Waals surface area (Å²) >= 11 is 10.4. The predicted molar refractivity (Wildman–Crippen MR) is 128 cm³/mol. The molecule has 1 fully saturated rings. The van der Waals surface area contributed by atoms with E-state index < -0.39 is 39.1 Å². The van der Waals surface area contributed by atoms with Gasteiger partial charge in [0.05, 0.1) is 17.3 Å². The summed E-state index contributed by atoms with van der Waals surface area (Å²) < 4.78 is 42.7. The molecular weight excluding hydrogens is 539 g/mol. The number of alkyl halides is 1. The van der Waals surface area contributed by atoms with E-state index in [-0.39, 0.29) is 10.6 Å². The molecule has 5 nitrogen and oxygen atoms in total. The highest BCUT2D eigenvalue weighted by atomic mass is 79.9. The lowest BCUT2D eigenvalue weighted by Crippen LogP contribution is -2.57. The zero-order chi connectivity index (χ0) is 23.1. The molecule has 0 bridgehead atoms. The number of carbonyl (C=O) groups excluding carboxylic acids is 1. The van der Waals surface area contributed by atoms with Gasteiger partial charge in [-0.05, 0) is 46.6 Å². The van der Waals surface area contributed by atoms with Crippen molar-refractivity contribution in [3.05, 3.63) is 85.2 Å². The molecule has 0 saturated carbocycles. The first kappa shape index (κ1) is 23.4. The number of hydrogen-bond acceptors (Lipinski definition) is 5. The van der Waals surface area contributed by atoms with Crippen molar-refractivity contribution < 1.29 is 17.6 Å². The Hall–Kier alpha value is -1.81. The summed E-state index contributed by atoms with van der Waals surface area (Å²) in [5.41, 5.74) is 1.27. The topological polar surface area (TPSA) is 67.3 Å². The van der Waals surface area contributed by atoms with Crippen LogP contribution in [0.2, 0.25) is 5.02 Å². The summed E-state index contributed by atoms with van der Waals surface area (Å²) in [5.74, 6) is -0.975. The molecule has 2 aromatic carbocycles. The number of rotatable bonds is 4. The van der Waals surface area contributed by atoms with Crippen molar-refractivity contribution in [3.63, 3.8) is 0 Å². The van der Waals surface area contributed by atoms with Gasteiger partial charge in [0.15, 0.2) is 9.84 Å². The fourth-order valence-electron chi connectivity index (χ4n) is 3.64. The molecule has 1 amide bonds. The molecule has 168 valence electrons. The number of sulfone groups is 1. The molecule has 2 atom stereocenters. The maximum Gasteiger partial charge on any atom is 0.278 e. The fourth-order valence-corrected chi connectivity index (χ4v) is 7.22. The molecule has 0 N–H and O–H groups in total. The summed E-state index contributed by atoms with van der Waals surface area (Å²) in [5, 5.41) is -2.58. The second kappa shape index (κ2) is 8.85. The van der Waals surface area contributed by atoms with E-state index in [1.54, 1.807) is 19.1 Å². The third-order valence-electron chi connectivity index (χ3n) is 5.38. The van der Waals surface area contributed by atoms with Crippen molar-refractivity contribution in [2.45, 2.75) is 24.4 Å². The molecule has 0 radical (unpaired) electrons. The van der Waals surface area contributed by atoms with Crippen LogP contribution in [0.1, 0.15) is 32.7 Å². The Labute approximate surface area is 203 Å². The molecule has 1 saturated heterocycles. The minimum Gasteiger partial charge on any atom is -0.330 e. The lowest BCUT2D eigenvalue weighted by atomic mass is 10.1. The SMILES string of the molecule is C[C@H]1CS(=O)(=O)[C@](F)(c2ncc(Cc3ccccc3)s2)CN1C(=O)c1ccc(Br)c(Cl)c1. The third kappa shape index (κ3) is 4.35. The molecule has 0 spiro atoms. The second-order valence-electron chi connectivity index (χ2n) is 7.71. The Balaban J connectivity index is 1.65. The Kier molecular flexibility index (Phi) is 6.46. The van der Waals surface area contributed by atoms with Gasteiger partial charge < -0.3 is 4.90 Å². The van der Waals surface area contributed by atoms with Gasteiger partial charge in [-0.25, -0.2) is 17.8 Å². The van der Waals surface area contributed by atoms with Gasteiger partial charge in [-0.15, -0.1) is 11.3 Å². The standard InChI is InChI=1S/C22H19BrClFN2O3S2/c1-14-12-32(29,30)22(25,13-27(14)20(28)16-7-8-18(23)19(24)10-16)21-26-11-17(31-21)9-15-5-3-2-4-6-15/h2-8,10-11,14H,9,12-13H2,1H3/t14-,22-/m0/s1. The van der Waals surface area contributed by atoms with E-state index in [4.69, 9.17) is 11.6 Å². The van der Waals surface area contributed by atoms with Crippen molar-refractivity contribution in [1.82, 2.24) is 9.88 Å². The first-order valence-electron chi connectivity index (χ1n) is 9.77. The highest BCUT2D eigenvalue weighted by Crippen LogP contribution is 2.41. The lowest BCUT2D eigenvalue weighted by molar-refractivity contribution is 0.0576. The first-order chi connectivity index (χ1) is 15.1. The summed E-state index contributed by atoms with van der Waals surface area (Å²) in [7, 11) is -4.19. The molecule has 1 aromatic heterocycles. The van der Waals surface area contributed by atoms with Gasteiger partial charge in [0.25, 0.3) is 10.9 Å². The number of halogens is 3. The number of amides is 1. The van der Waals surface area contributed by atoms with E-state index in [1.165, 1.54) is 17.2 Å². The van der Waals surface area contributed by atoms with Crippen LogP contribution in [0.25, 0.3) is 0 Å². The van der Waals surface area contributed by atoms with Gasteiger partial charge in [-0.2, -0.15) is 0 Å². The van der Waals surface area contributed by atoms with Gasteiger partial charge in [-0.3, -0.25) is 4.79 Å². The second-order valence-corrected chi connectivity index (χ2v) is 12.3. The van der Waals surface area contributed by atoms with Crippen LogP contribution in [0.15, 0.2) is 59.2 Å². The Morgan fingerprint density at radius 3 is 2.72 bits per heavy atom. The van der Waals surface area contributed by atoms with Crippen LogP contribution < -0.4 is 0 Å². The van der Waals surface area contributed by atoms with Gasteiger partial charge in [0.1, 0.15) is 5.01 Å². The lowest BCUT2D eigenvalue weighted by Gasteiger charge is -2.40. The van der Waals surface area contributed by atoms with E-state index in [0.29, 0.717) is 15.9 Å². The van der Waals surface area contributed by atoms with E-state index in [0.717, 1.165) is 21.8 Å². The first-order valence-corrected chi connectivity index (χ1v) is 13.4. The van der Waals surface area contributed by atoms with Crippen LogP contribution in [0.4, 0.5) is 4.39 Å². The molecule has 10 heteroatoms. The van der Waals surface area contributed by atoms with E-state index in [1.807, 2.05) is 30.3 Å². The number of thiazole rings is 1. The quantitative estimate of drug-likeness (QED) is 0.441. The van der Waals surface area contributed by atoms with Crippen molar-refractivity contribution >= 4 is 54.6 Å². The monoisotopic (exact) mass is 556 g/mol. The molecule has 32 heavy (non-hydrogen) atoms. The van der Waals surface area contributed by atoms with E-state index >= 15 is 4.39 Å². The Morgan fingerprint density at radius 1 is 1.31 bits per heavy atom. The molecular formula is C22H19BrClFN2O3S2. The number of hydrogen-bond donors (Lipinski definition) is 0. The molecule has 4 rings (SSSR count). The molecule has 1 aliphatic heterocycles. The van der Waals surface area contributed by atoms with Crippen LogP contribution in [-0.4, -0.2) is 42.5 Å². The molecule has 0 unspecified atom stereocenters. The van der Waals surface area contributed by atoms with E-state index in [2.05, 4.69) is 20.9 Å². The third-order valence-corrected chi connectivity index (χ3v) is 10.1. The maximum atomic E-state index is 16.2. The molecule has 1 aliphatic rings. The average molecular weight is 558 g/mol. The largest absolute Gasteiger partial charge is 0.330 e. The maximum absolute atomic E-state index is 16.2. The number of aromatic nitrogens is 1. The average Bonchev–Trinajstić information content (AvgIpc) is 3.22. The molecule has 0 aliphatic carbocycles. The van der Waals surface area contributed by atoms with Gasteiger partial charge >= 0.3 is 0 Å². The van der Waals surface area contributed by atoms with Gasteiger partial charge in [0, 0.05) is 33.6 Å². The summed E-state index contributed by atoms with van der Waals surface area (Å²) in [4.78, 5) is 19.2. The highest BCUT2D eigenvalue weighted by Gasteiger charge is 2.55. The molecule has 3 aromatic rings. The normalized spacial score (nSPS) is 22.6. The predicted octanol–water partition coefficient (Wildman–Crippen LogP) is 5.23. The number of nitrogens with zero attached hydrogens (tertiary/aromatic N) is 2. The van der Waals surface area contributed by atoms with Crippen LogP contribution in [-0.2, 0) is 21.3 Å². The van der Waals surface area contributed by atoms with Crippen LogP contribution in [0, 0.1) is 0 Å². The molecule has 2 heterocycles. The van der Waals surface area contributed by atoms with Crippen molar-refractivity contribution in [2.75, 3.05) is 12.3 Å². The van der Waals surface area contributed by atoms with Gasteiger partial charge in [0.2, 0.25) is 0 Å². The van der Waals surface area contributed by atoms with Crippen LogP contribution in [0.5, 0.6) is 0 Å². The summed E-state index contributed by atoms with van der Waals surface area (Å²) in [6.07, 6.45) is 2.02. The Bertz CT molecular complexity index is 1270.